The maximum atomic E-state index is 11.8. The van der Waals surface area contributed by atoms with Crippen molar-refractivity contribution in [1.82, 2.24) is 5.32 Å². The zero-order chi connectivity index (χ0) is 15.1. The van der Waals surface area contributed by atoms with Crippen molar-refractivity contribution in [1.29, 1.82) is 0 Å². The molecule has 21 heavy (non-hydrogen) atoms. The SMILES string of the molecule is CCC(CCO)CNC(=O)/C=C/c1ccc2c(c1)OCO2. The highest BCUT2D eigenvalue weighted by Gasteiger charge is 2.12. The van der Waals surface area contributed by atoms with Gasteiger partial charge in [-0.25, -0.2) is 0 Å². The van der Waals surface area contributed by atoms with Crippen molar-refractivity contribution in [2.75, 3.05) is 19.9 Å². The molecule has 0 aliphatic carbocycles. The quantitative estimate of drug-likeness (QED) is 0.754. The first kappa shape index (κ1) is 15.4. The number of ether oxygens (including phenoxy) is 2. The topological polar surface area (TPSA) is 67.8 Å². The van der Waals surface area contributed by atoms with Crippen molar-refractivity contribution in [3.63, 3.8) is 0 Å². The number of amides is 1. The molecule has 0 saturated heterocycles. The van der Waals surface area contributed by atoms with Crippen molar-refractivity contribution >= 4 is 12.0 Å². The fourth-order valence-corrected chi connectivity index (χ4v) is 2.13. The second-order valence-electron chi connectivity index (χ2n) is 4.98. The lowest BCUT2D eigenvalue weighted by molar-refractivity contribution is -0.116. The van der Waals surface area contributed by atoms with Crippen LogP contribution in [0.15, 0.2) is 24.3 Å². The van der Waals surface area contributed by atoms with Gasteiger partial charge in [0.25, 0.3) is 0 Å². The molecule has 2 N–H and O–H groups in total. The third-order valence-corrected chi connectivity index (χ3v) is 3.50. The lowest BCUT2D eigenvalue weighted by Crippen LogP contribution is -2.28. The molecule has 114 valence electrons. The highest BCUT2D eigenvalue weighted by Crippen LogP contribution is 2.32. The van der Waals surface area contributed by atoms with E-state index >= 15 is 0 Å². The highest BCUT2D eigenvalue weighted by molar-refractivity contribution is 5.91. The Hall–Kier alpha value is -2.01. The Morgan fingerprint density at radius 2 is 2.24 bits per heavy atom. The Kier molecular flexibility index (Phi) is 5.63. The molecule has 1 unspecified atom stereocenters. The van der Waals surface area contributed by atoms with Crippen LogP contribution in [0.25, 0.3) is 6.08 Å². The van der Waals surface area contributed by atoms with Crippen molar-refractivity contribution in [2.45, 2.75) is 19.8 Å². The zero-order valence-corrected chi connectivity index (χ0v) is 12.2. The average molecular weight is 291 g/mol. The number of carbonyl (C=O) groups excluding carboxylic acids is 1. The van der Waals surface area contributed by atoms with Gasteiger partial charge in [0.15, 0.2) is 11.5 Å². The summed E-state index contributed by atoms with van der Waals surface area (Å²) < 4.78 is 10.5. The van der Waals surface area contributed by atoms with Gasteiger partial charge in [0.2, 0.25) is 12.7 Å². The fraction of sp³-hybridized carbons (Fsp3) is 0.438. The van der Waals surface area contributed by atoms with Gasteiger partial charge in [-0.2, -0.15) is 0 Å². The lowest BCUT2D eigenvalue weighted by atomic mass is 10.0. The zero-order valence-electron chi connectivity index (χ0n) is 12.2. The molecule has 1 aliphatic rings. The molecule has 5 nitrogen and oxygen atoms in total. The summed E-state index contributed by atoms with van der Waals surface area (Å²) in [4.78, 5) is 11.8. The van der Waals surface area contributed by atoms with Gasteiger partial charge >= 0.3 is 0 Å². The molecule has 5 heteroatoms. The minimum absolute atomic E-state index is 0.135. The number of hydrogen-bond donors (Lipinski definition) is 2. The van der Waals surface area contributed by atoms with Crippen molar-refractivity contribution in [3.8, 4) is 11.5 Å². The van der Waals surface area contributed by atoms with Crippen LogP contribution in [-0.2, 0) is 4.79 Å². The average Bonchev–Trinajstić information content (AvgIpc) is 2.96. The Morgan fingerprint density at radius 1 is 1.43 bits per heavy atom. The fourth-order valence-electron chi connectivity index (χ4n) is 2.13. The van der Waals surface area contributed by atoms with Crippen LogP contribution in [0.2, 0.25) is 0 Å². The highest BCUT2D eigenvalue weighted by atomic mass is 16.7. The molecule has 0 radical (unpaired) electrons. The molecule has 0 saturated carbocycles. The summed E-state index contributed by atoms with van der Waals surface area (Å²) in [7, 11) is 0. The van der Waals surface area contributed by atoms with Crippen LogP contribution >= 0.6 is 0 Å². The van der Waals surface area contributed by atoms with Gasteiger partial charge in [0, 0.05) is 19.2 Å². The van der Waals surface area contributed by atoms with E-state index in [1.54, 1.807) is 6.08 Å². The molecule has 1 aliphatic heterocycles. The number of hydrogen-bond acceptors (Lipinski definition) is 4. The van der Waals surface area contributed by atoms with E-state index in [-0.39, 0.29) is 19.3 Å². The molecule has 1 amide bonds. The lowest BCUT2D eigenvalue weighted by Gasteiger charge is -2.13. The number of rotatable bonds is 7. The number of benzene rings is 1. The second kappa shape index (κ2) is 7.69. The maximum Gasteiger partial charge on any atom is 0.244 e. The van der Waals surface area contributed by atoms with E-state index in [4.69, 9.17) is 14.6 Å². The third-order valence-electron chi connectivity index (χ3n) is 3.50. The molecule has 2 rings (SSSR count). The molecular weight excluding hydrogens is 270 g/mol. The Labute approximate surface area is 124 Å². The van der Waals surface area contributed by atoms with Gasteiger partial charge in [-0.1, -0.05) is 19.4 Å². The predicted molar refractivity (Wildman–Crippen MR) is 80.1 cm³/mol. The number of fused-ring (bicyclic) bond motifs is 1. The van der Waals surface area contributed by atoms with Crippen molar-refractivity contribution in [2.24, 2.45) is 5.92 Å². The van der Waals surface area contributed by atoms with Crippen molar-refractivity contribution in [3.05, 3.63) is 29.8 Å². The van der Waals surface area contributed by atoms with Gasteiger partial charge in [0.05, 0.1) is 0 Å². The molecular formula is C16H21NO4. The van der Waals surface area contributed by atoms with Gasteiger partial charge in [-0.3, -0.25) is 4.79 Å². The second-order valence-corrected chi connectivity index (χ2v) is 4.98. The van der Waals surface area contributed by atoms with Gasteiger partial charge in [-0.05, 0) is 36.1 Å². The first-order valence-electron chi connectivity index (χ1n) is 7.19. The van der Waals surface area contributed by atoms with E-state index in [0.717, 1.165) is 17.7 Å². The summed E-state index contributed by atoms with van der Waals surface area (Å²) >= 11 is 0. The predicted octanol–water partition coefficient (Wildman–Crippen LogP) is 1.95. The Balaban J connectivity index is 1.84. The van der Waals surface area contributed by atoms with Crippen LogP contribution in [0, 0.1) is 5.92 Å². The summed E-state index contributed by atoms with van der Waals surface area (Å²) in [6.07, 6.45) is 4.89. The number of carbonyl (C=O) groups is 1. The van der Waals surface area contributed by atoms with Gasteiger partial charge in [0.1, 0.15) is 0 Å². The van der Waals surface area contributed by atoms with E-state index in [1.165, 1.54) is 6.08 Å². The Bertz CT molecular complexity index is 513. The Morgan fingerprint density at radius 3 is 3.00 bits per heavy atom. The van der Waals surface area contributed by atoms with Crippen LogP contribution in [0.1, 0.15) is 25.3 Å². The van der Waals surface area contributed by atoms with Gasteiger partial charge in [-0.15, -0.1) is 0 Å². The van der Waals surface area contributed by atoms with E-state index in [9.17, 15) is 4.79 Å². The molecule has 1 aromatic rings. The molecule has 0 bridgehead atoms. The largest absolute Gasteiger partial charge is 0.454 e. The van der Waals surface area contributed by atoms with E-state index in [2.05, 4.69) is 12.2 Å². The van der Waals surface area contributed by atoms with Crippen LogP contribution in [0.5, 0.6) is 11.5 Å². The number of nitrogens with one attached hydrogen (secondary N) is 1. The molecule has 1 atom stereocenters. The third kappa shape index (κ3) is 4.49. The van der Waals surface area contributed by atoms with E-state index < -0.39 is 0 Å². The van der Waals surface area contributed by atoms with Crippen LogP contribution < -0.4 is 14.8 Å². The summed E-state index contributed by atoms with van der Waals surface area (Å²) in [6, 6.07) is 5.54. The van der Waals surface area contributed by atoms with Crippen LogP contribution in [0.3, 0.4) is 0 Å². The minimum Gasteiger partial charge on any atom is -0.454 e. The summed E-state index contributed by atoms with van der Waals surface area (Å²) in [5.41, 5.74) is 0.886. The minimum atomic E-state index is -0.135. The molecule has 0 spiro atoms. The summed E-state index contributed by atoms with van der Waals surface area (Å²) in [5, 5.41) is 11.8. The molecule has 0 fully saturated rings. The summed E-state index contributed by atoms with van der Waals surface area (Å²) in [5.74, 6) is 1.61. The van der Waals surface area contributed by atoms with Crippen LogP contribution in [0.4, 0.5) is 0 Å². The molecule has 0 aromatic heterocycles. The number of aliphatic hydroxyl groups excluding tert-OH is 1. The maximum absolute atomic E-state index is 11.8. The number of aliphatic hydroxyl groups is 1. The van der Waals surface area contributed by atoms with Crippen molar-refractivity contribution < 1.29 is 19.4 Å². The first-order chi connectivity index (χ1) is 10.2. The van der Waals surface area contributed by atoms with Gasteiger partial charge < -0.3 is 19.9 Å². The molecule has 1 aromatic carbocycles. The van der Waals surface area contributed by atoms with E-state index in [0.29, 0.717) is 24.6 Å². The summed E-state index contributed by atoms with van der Waals surface area (Å²) in [6.45, 7) is 3.03. The normalized spacial score (nSPS) is 14.4. The van der Waals surface area contributed by atoms with Crippen LogP contribution in [-0.4, -0.2) is 31.0 Å². The molecule has 1 heterocycles. The van der Waals surface area contributed by atoms with E-state index in [1.807, 2.05) is 18.2 Å². The monoisotopic (exact) mass is 291 g/mol. The smallest absolute Gasteiger partial charge is 0.244 e. The standard InChI is InChI=1S/C16H21NO4/c1-2-12(7-8-18)10-17-16(19)6-4-13-3-5-14-15(9-13)21-11-20-14/h3-6,9,12,18H,2,7-8,10-11H2,1H3,(H,17,19)/b6-4+. The first-order valence-corrected chi connectivity index (χ1v) is 7.19.